The van der Waals surface area contributed by atoms with Gasteiger partial charge in [0.1, 0.15) is 6.10 Å². The standard InChI is InChI=1S/C35H38N6O5Si/c1-23(42)37-33-38-30-29(31(39-33)46-34(43)41(24-15-9-7-10-16-24)25-17-11-8-12-18-25)36-22-40(30)32-27-20-14-13-19-26(27)28(45-32)21-44-47(5,6)35(2,3)4/h7-20,22,28,32H,21H2,1-6H3,(H,37,38,39,42)/t28-,32+/m1/s1. The van der Waals surface area contributed by atoms with Crippen LogP contribution in [0.1, 0.15) is 51.2 Å². The summed E-state index contributed by atoms with van der Waals surface area (Å²) < 4.78 is 20.9. The average Bonchev–Trinajstić information content (AvgIpc) is 3.62. The van der Waals surface area contributed by atoms with Crippen LogP contribution in [0.5, 0.6) is 5.88 Å². The molecule has 2 atom stereocenters. The fraction of sp³-hybridized carbons (Fsp3) is 0.286. The molecule has 0 spiro atoms. The van der Waals surface area contributed by atoms with Crippen LogP contribution in [0.25, 0.3) is 11.2 Å². The Morgan fingerprint density at radius 2 is 1.51 bits per heavy atom. The lowest BCUT2D eigenvalue weighted by Crippen LogP contribution is -2.41. The highest BCUT2D eigenvalue weighted by Gasteiger charge is 2.40. The number of anilines is 3. The van der Waals surface area contributed by atoms with Gasteiger partial charge in [0.15, 0.2) is 25.7 Å². The summed E-state index contributed by atoms with van der Waals surface area (Å²) in [6.07, 6.45) is -0.0464. The molecule has 3 heterocycles. The Labute approximate surface area is 274 Å². The number of ether oxygens (including phenoxy) is 2. The summed E-state index contributed by atoms with van der Waals surface area (Å²) in [5.74, 6) is -0.527. The Morgan fingerprint density at radius 1 is 0.915 bits per heavy atom. The summed E-state index contributed by atoms with van der Waals surface area (Å²) in [6.45, 7) is 12.8. The van der Waals surface area contributed by atoms with E-state index >= 15 is 0 Å². The maximum absolute atomic E-state index is 13.9. The summed E-state index contributed by atoms with van der Waals surface area (Å²) in [7, 11) is -2.04. The molecule has 0 unspecified atom stereocenters. The zero-order valence-corrected chi connectivity index (χ0v) is 28.3. The number of benzene rings is 3. The highest BCUT2D eigenvalue weighted by Crippen LogP contribution is 2.43. The van der Waals surface area contributed by atoms with E-state index in [1.807, 2.05) is 60.7 Å². The lowest BCUT2D eigenvalue weighted by atomic mass is 10.0. The molecule has 242 valence electrons. The van der Waals surface area contributed by atoms with E-state index in [1.54, 1.807) is 35.2 Å². The van der Waals surface area contributed by atoms with Gasteiger partial charge in [-0.1, -0.05) is 81.4 Å². The van der Waals surface area contributed by atoms with Gasteiger partial charge in [0.05, 0.1) is 24.3 Å². The first kappa shape index (κ1) is 32.0. The number of rotatable bonds is 8. The van der Waals surface area contributed by atoms with Crippen molar-refractivity contribution in [3.8, 4) is 5.88 Å². The van der Waals surface area contributed by atoms with Crippen LogP contribution in [-0.4, -0.2) is 46.4 Å². The van der Waals surface area contributed by atoms with Crippen molar-refractivity contribution in [1.29, 1.82) is 0 Å². The predicted octanol–water partition coefficient (Wildman–Crippen LogP) is 7.76. The number of nitrogens with one attached hydrogen (secondary N) is 1. The maximum atomic E-state index is 13.9. The van der Waals surface area contributed by atoms with Gasteiger partial charge in [-0.05, 0) is 48.0 Å². The third-order valence-electron chi connectivity index (χ3n) is 8.63. The molecule has 47 heavy (non-hydrogen) atoms. The summed E-state index contributed by atoms with van der Waals surface area (Å²) in [4.78, 5) is 41.0. The van der Waals surface area contributed by atoms with E-state index in [0.717, 1.165) is 11.1 Å². The molecule has 1 aliphatic heterocycles. The van der Waals surface area contributed by atoms with Gasteiger partial charge in [-0.25, -0.2) is 14.7 Å². The van der Waals surface area contributed by atoms with Crippen LogP contribution in [0, 0.1) is 0 Å². The fourth-order valence-electron chi connectivity index (χ4n) is 5.17. The Bertz CT molecular complexity index is 1870. The molecule has 0 radical (unpaired) electrons. The van der Waals surface area contributed by atoms with Crippen molar-refractivity contribution in [2.45, 2.75) is 58.2 Å². The highest BCUT2D eigenvalue weighted by atomic mass is 28.4. The second kappa shape index (κ2) is 12.7. The van der Waals surface area contributed by atoms with E-state index in [2.05, 4.69) is 54.1 Å². The number of imidazole rings is 1. The lowest BCUT2D eigenvalue weighted by Gasteiger charge is -2.37. The monoisotopic (exact) mass is 650 g/mol. The van der Waals surface area contributed by atoms with Gasteiger partial charge in [0.2, 0.25) is 11.9 Å². The van der Waals surface area contributed by atoms with Gasteiger partial charge in [-0.2, -0.15) is 9.97 Å². The molecule has 2 amide bonds. The largest absolute Gasteiger partial charge is 0.425 e. The molecule has 1 N–H and O–H groups in total. The molecule has 0 fully saturated rings. The molecule has 11 nitrogen and oxygen atoms in total. The van der Waals surface area contributed by atoms with Gasteiger partial charge in [-0.3, -0.25) is 14.7 Å². The Kier molecular flexibility index (Phi) is 8.66. The number of para-hydroxylation sites is 2. The van der Waals surface area contributed by atoms with E-state index in [0.29, 0.717) is 23.6 Å². The van der Waals surface area contributed by atoms with Gasteiger partial charge in [0.25, 0.3) is 5.88 Å². The lowest BCUT2D eigenvalue weighted by molar-refractivity contribution is -0.114. The van der Waals surface area contributed by atoms with Crippen molar-refractivity contribution >= 4 is 48.8 Å². The number of carbonyl (C=O) groups excluding carboxylic acids is 2. The fourth-order valence-corrected chi connectivity index (χ4v) is 6.17. The van der Waals surface area contributed by atoms with E-state index in [-0.39, 0.29) is 34.4 Å². The number of hydrogen-bond acceptors (Lipinski definition) is 8. The van der Waals surface area contributed by atoms with Gasteiger partial charge in [-0.15, -0.1) is 0 Å². The van der Waals surface area contributed by atoms with Crippen LogP contribution in [0.15, 0.2) is 91.3 Å². The van der Waals surface area contributed by atoms with Crippen LogP contribution in [-0.2, 0) is 14.0 Å². The number of hydrogen-bond donors (Lipinski definition) is 1. The van der Waals surface area contributed by atoms with Gasteiger partial charge < -0.3 is 13.9 Å². The molecular formula is C35H38N6O5Si. The maximum Gasteiger partial charge on any atom is 0.425 e. The van der Waals surface area contributed by atoms with E-state index in [4.69, 9.17) is 13.9 Å². The topological polar surface area (TPSA) is 121 Å². The van der Waals surface area contributed by atoms with Crippen molar-refractivity contribution in [3.05, 3.63) is 102 Å². The minimum Gasteiger partial charge on any atom is -0.414 e. The molecule has 0 saturated heterocycles. The van der Waals surface area contributed by atoms with Crippen molar-refractivity contribution in [2.24, 2.45) is 0 Å². The van der Waals surface area contributed by atoms with Gasteiger partial charge in [0, 0.05) is 12.5 Å². The summed E-state index contributed by atoms with van der Waals surface area (Å²) in [5.41, 5.74) is 3.71. The molecule has 0 saturated carbocycles. The number of amides is 2. The summed E-state index contributed by atoms with van der Waals surface area (Å²) in [6, 6.07) is 26.3. The second-order valence-electron chi connectivity index (χ2n) is 12.9. The number of fused-ring (bicyclic) bond motifs is 2. The van der Waals surface area contributed by atoms with E-state index in [9.17, 15) is 9.59 Å². The Hall–Kier alpha value is -4.91. The SMILES string of the molecule is CC(=O)Nc1nc(OC(=O)N(c2ccccc2)c2ccccc2)c2ncn([C@H]3O[C@H](CO[Si](C)(C)C(C)(C)C)c4ccccc43)c2n1. The molecule has 5 aromatic rings. The third kappa shape index (κ3) is 6.52. The normalized spacial score (nSPS) is 16.1. The van der Waals surface area contributed by atoms with Crippen LogP contribution in [0.4, 0.5) is 22.1 Å². The van der Waals surface area contributed by atoms with Crippen LogP contribution in [0.3, 0.4) is 0 Å². The molecule has 12 heteroatoms. The minimum absolute atomic E-state index is 0.0374. The van der Waals surface area contributed by atoms with Crippen LogP contribution >= 0.6 is 0 Å². The van der Waals surface area contributed by atoms with Crippen molar-refractivity contribution in [2.75, 3.05) is 16.8 Å². The second-order valence-corrected chi connectivity index (χ2v) is 17.7. The van der Waals surface area contributed by atoms with Gasteiger partial charge >= 0.3 is 6.09 Å². The van der Waals surface area contributed by atoms with Crippen molar-refractivity contribution < 1.29 is 23.5 Å². The predicted molar refractivity (Wildman–Crippen MR) is 182 cm³/mol. The first-order valence-electron chi connectivity index (χ1n) is 15.5. The molecule has 1 aliphatic rings. The zero-order chi connectivity index (χ0) is 33.3. The van der Waals surface area contributed by atoms with Crippen LogP contribution < -0.4 is 15.0 Å². The molecule has 0 aliphatic carbocycles. The first-order chi connectivity index (χ1) is 22.4. The van der Waals surface area contributed by atoms with E-state index < -0.39 is 20.6 Å². The minimum atomic E-state index is -2.04. The van der Waals surface area contributed by atoms with E-state index in [1.165, 1.54) is 11.8 Å². The smallest absolute Gasteiger partial charge is 0.414 e. The number of nitrogens with zero attached hydrogens (tertiary/aromatic N) is 5. The molecule has 2 aromatic heterocycles. The summed E-state index contributed by atoms with van der Waals surface area (Å²) >= 11 is 0. The van der Waals surface area contributed by atoms with Crippen molar-refractivity contribution in [1.82, 2.24) is 19.5 Å². The van der Waals surface area contributed by atoms with Crippen LogP contribution in [0.2, 0.25) is 18.1 Å². The zero-order valence-electron chi connectivity index (χ0n) is 27.3. The molecule has 0 bridgehead atoms. The molecular weight excluding hydrogens is 613 g/mol. The Morgan fingerprint density at radius 3 is 2.11 bits per heavy atom. The highest BCUT2D eigenvalue weighted by molar-refractivity contribution is 6.74. The summed E-state index contributed by atoms with van der Waals surface area (Å²) in [5, 5.41) is 2.67. The first-order valence-corrected chi connectivity index (χ1v) is 18.4. The number of carbonyl (C=O) groups is 2. The molecule has 3 aromatic carbocycles. The average molecular weight is 651 g/mol. The Balaban J connectivity index is 1.37. The third-order valence-corrected chi connectivity index (χ3v) is 13.1. The quantitative estimate of drug-likeness (QED) is 0.169. The number of aromatic nitrogens is 4. The molecule has 6 rings (SSSR count). The van der Waals surface area contributed by atoms with Crippen molar-refractivity contribution in [3.63, 3.8) is 0 Å².